The van der Waals surface area contributed by atoms with E-state index < -0.39 is 64.7 Å². The highest BCUT2D eigenvalue weighted by Crippen LogP contribution is 2.50. The van der Waals surface area contributed by atoms with Crippen LogP contribution in [0.1, 0.15) is 42.9 Å². The number of aliphatic hydroxyl groups excluding tert-OH is 1. The summed E-state index contributed by atoms with van der Waals surface area (Å²) in [6.07, 6.45) is -4.56. The third kappa shape index (κ3) is 2.85. The number of aromatic amines is 1. The number of aryl methyl sites for hydroxylation is 1. The maximum atomic E-state index is 15.4. The fraction of sp³-hybridized carbons (Fsp3) is 0.600. The molecule has 0 radical (unpaired) electrons. The maximum Gasteiger partial charge on any atom is 0.329 e. The topological polar surface area (TPSA) is 78.3 Å². The predicted molar refractivity (Wildman–Crippen MR) is 102 cm³/mol. The molecule has 2 aromatic rings. The van der Waals surface area contributed by atoms with Crippen molar-refractivity contribution in [3.63, 3.8) is 0 Å². The van der Waals surface area contributed by atoms with E-state index in [-0.39, 0.29) is 35.9 Å². The van der Waals surface area contributed by atoms with E-state index in [9.17, 15) is 32.3 Å². The number of halogens is 5. The van der Waals surface area contributed by atoms with Gasteiger partial charge < -0.3 is 10.0 Å². The molecule has 1 aromatic heterocycles. The van der Waals surface area contributed by atoms with Crippen LogP contribution in [0.2, 0.25) is 0 Å². The summed E-state index contributed by atoms with van der Waals surface area (Å²) < 4.78 is 72.2. The largest absolute Gasteiger partial charge is 0.386 e. The van der Waals surface area contributed by atoms with Gasteiger partial charge in [0.05, 0.1) is 22.2 Å². The first-order valence-electron chi connectivity index (χ1n) is 10.1. The Bertz CT molecular complexity index is 1200. The van der Waals surface area contributed by atoms with Crippen LogP contribution in [0.5, 0.6) is 0 Å². The average Bonchev–Trinajstić information content (AvgIpc) is 3.38. The van der Waals surface area contributed by atoms with Gasteiger partial charge in [0.1, 0.15) is 6.10 Å². The number of H-pyrrole nitrogens is 1. The lowest BCUT2D eigenvalue weighted by Gasteiger charge is -2.27. The number of aromatic nitrogens is 2. The van der Waals surface area contributed by atoms with Gasteiger partial charge in [-0.15, -0.1) is 0 Å². The van der Waals surface area contributed by atoms with Crippen molar-refractivity contribution < 1.29 is 27.1 Å². The molecule has 31 heavy (non-hydrogen) atoms. The van der Waals surface area contributed by atoms with Gasteiger partial charge in [-0.05, 0) is 25.7 Å². The van der Waals surface area contributed by atoms with E-state index >= 15 is 4.39 Å². The maximum absolute atomic E-state index is 15.4. The van der Waals surface area contributed by atoms with Crippen LogP contribution in [0.25, 0.3) is 10.9 Å². The van der Waals surface area contributed by atoms with Crippen LogP contribution in [-0.2, 0) is 0 Å². The van der Waals surface area contributed by atoms with Crippen molar-refractivity contribution in [3.8, 4) is 0 Å². The summed E-state index contributed by atoms with van der Waals surface area (Å²) in [5.41, 5.74) is -3.09. The van der Waals surface area contributed by atoms with Gasteiger partial charge in [0.2, 0.25) is 0 Å². The summed E-state index contributed by atoms with van der Waals surface area (Å²) in [5, 5.41) is 9.40. The standard InChI is InChI=1S/C20H20F5N3O3/c1-7-14-12(18(30)26-19(31)28(14)9-2-3-9)11(17(22)23)13(21)15(7)27-5-8-4-20(24,25)16(29)10(8)6-27/h8-10,16-17,29H,2-6H2,1H3,(H,26,30,31). The zero-order valence-corrected chi connectivity index (χ0v) is 16.5. The van der Waals surface area contributed by atoms with Crippen LogP contribution in [0.3, 0.4) is 0 Å². The van der Waals surface area contributed by atoms with Crippen molar-refractivity contribution in [1.29, 1.82) is 0 Å². The highest BCUT2D eigenvalue weighted by Gasteiger charge is 2.58. The van der Waals surface area contributed by atoms with Gasteiger partial charge >= 0.3 is 5.69 Å². The fourth-order valence-electron chi connectivity index (χ4n) is 5.38. The molecule has 0 amide bonds. The number of benzene rings is 1. The molecule has 2 saturated carbocycles. The molecule has 168 valence electrons. The second-order valence-electron chi connectivity index (χ2n) is 8.82. The van der Waals surface area contributed by atoms with Gasteiger partial charge in [0, 0.05) is 37.0 Å². The van der Waals surface area contributed by atoms with E-state index in [1.807, 2.05) is 4.98 Å². The van der Waals surface area contributed by atoms with E-state index in [1.54, 1.807) is 0 Å². The summed E-state index contributed by atoms with van der Waals surface area (Å²) in [4.78, 5) is 28.3. The summed E-state index contributed by atoms with van der Waals surface area (Å²) in [6, 6.07) is -0.284. The van der Waals surface area contributed by atoms with E-state index in [1.165, 1.54) is 16.4 Å². The second-order valence-corrected chi connectivity index (χ2v) is 8.82. The normalized spacial score (nSPS) is 27.5. The van der Waals surface area contributed by atoms with Crippen LogP contribution in [-0.4, -0.2) is 39.8 Å². The Morgan fingerprint density at radius 3 is 2.45 bits per heavy atom. The molecule has 2 heterocycles. The lowest BCUT2D eigenvalue weighted by molar-refractivity contribution is -0.0973. The molecule has 1 aliphatic heterocycles. The first-order valence-corrected chi connectivity index (χ1v) is 10.1. The molecule has 3 aliphatic rings. The van der Waals surface area contributed by atoms with Crippen LogP contribution < -0.4 is 16.1 Å². The van der Waals surface area contributed by atoms with Gasteiger partial charge in [-0.3, -0.25) is 14.3 Å². The van der Waals surface area contributed by atoms with Crippen molar-refractivity contribution in [1.82, 2.24) is 9.55 Å². The minimum atomic E-state index is -3.33. The van der Waals surface area contributed by atoms with Gasteiger partial charge in [-0.1, -0.05) is 0 Å². The van der Waals surface area contributed by atoms with Crippen LogP contribution in [0.4, 0.5) is 27.6 Å². The first kappa shape index (κ1) is 20.5. The van der Waals surface area contributed by atoms with Crippen molar-refractivity contribution in [2.45, 2.75) is 50.7 Å². The van der Waals surface area contributed by atoms with Crippen LogP contribution in [0.15, 0.2) is 9.59 Å². The number of hydrogen-bond donors (Lipinski definition) is 2. The molecule has 1 saturated heterocycles. The number of fused-ring (bicyclic) bond motifs is 2. The predicted octanol–water partition coefficient (Wildman–Crippen LogP) is 2.86. The Labute approximate surface area is 172 Å². The zero-order valence-electron chi connectivity index (χ0n) is 16.5. The number of alkyl halides is 4. The third-order valence-electron chi connectivity index (χ3n) is 6.88. The summed E-state index contributed by atoms with van der Waals surface area (Å²) in [6.45, 7) is 1.26. The van der Waals surface area contributed by atoms with Crippen molar-refractivity contribution in [3.05, 3.63) is 37.8 Å². The number of nitrogens with one attached hydrogen (secondary N) is 1. The van der Waals surface area contributed by atoms with E-state index in [4.69, 9.17) is 0 Å². The Hall–Kier alpha value is -2.43. The monoisotopic (exact) mass is 445 g/mol. The summed E-state index contributed by atoms with van der Waals surface area (Å²) in [7, 11) is 0. The summed E-state index contributed by atoms with van der Waals surface area (Å²) in [5.74, 6) is -6.00. The smallest absolute Gasteiger partial charge is 0.329 e. The number of nitrogens with zero attached hydrogens (tertiary/aromatic N) is 2. The SMILES string of the molecule is Cc1c(N2CC3CC(F)(F)C(O)C3C2)c(F)c(C(F)F)c2c(=O)[nH]c(=O)n(C3CC3)c12. The molecule has 0 bridgehead atoms. The highest BCUT2D eigenvalue weighted by atomic mass is 19.3. The molecule has 3 atom stereocenters. The highest BCUT2D eigenvalue weighted by molar-refractivity contribution is 5.90. The lowest BCUT2D eigenvalue weighted by atomic mass is 9.99. The Kier molecular flexibility index (Phi) is 4.32. The number of anilines is 1. The molecule has 6 nitrogen and oxygen atoms in total. The second kappa shape index (κ2) is 6.54. The lowest BCUT2D eigenvalue weighted by Crippen LogP contribution is -2.36. The van der Waals surface area contributed by atoms with Crippen molar-refractivity contribution >= 4 is 16.6 Å². The van der Waals surface area contributed by atoms with E-state index in [0.717, 1.165) is 0 Å². The number of aliphatic hydroxyl groups is 1. The third-order valence-corrected chi connectivity index (χ3v) is 6.88. The van der Waals surface area contributed by atoms with Gasteiger partial charge in [-0.25, -0.2) is 26.7 Å². The molecule has 11 heteroatoms. The molecule has 3 unspecified atom stereocenters. The fourth-order valence-corrected chi connectivity index (χ4v) is 5.38. The van der Waals surface area contributed by atoms with E-state index in [0.29, 0.717) is 12.8 Å². The molecule has 3 fully saturated rings. The Balaban J connectivity index is 1.74. The van der Waals surface area contributed by atoms with Crippen molar-refractivity contribution in [2.24, 2.45) is 11.8 Å². The minimum absolute atomic E-state index is 0.0416. The quantitative estimate of drug-likeness (QED) is 0.713. The molecule has 2 aliphatic carbocycles. The number of rotatable bonds is 3. The zero-order chi connectivity index (χ0) is 22.4. The molecule has 5 rings (SSSR count). The number of hydrogen-bond acceptors (Lipinski definition) is 4. The molecular weight excluding hydrogens is 425 g/mol. The van der Waals surface area contributed by atoms with Crippen molar-refractivity contribution in [2.75, 3.05) is 18.0 Å². The molecular formula is C20H20F5N3O3. The Morgan fingerprint density at radius 1 is 1.19 bits per heavy atom. The van der Waals surface area contributed by atoms with Gasteiger partial charge in [-0.2, -0.15) is 0 Å². The van der Waals surface area contributed by atoms with Crippen LogP contribution >= 0.6 is 0 Å². The van der Waals surface area contributed by atoms with Crippen LogP contribution in [0, 0.1) is 24.6 Å². The van der Waals surface area contributed by atoms with Gasteiger partial charge in [0.25, 0.3) is 17.9 Å². The molecule has 1 aromatic carbocycles. The molecule has 2 N–H and O–H groups in total. The average molecular weight is 445 g/mol. The van der Waals surface area contributed by atoms with E-state index in [2.05, 4.69) is 0 Å². The summed E-state index contributed by atoms with van der Waals surface area (Å²) >= 11 is 0. The Morgan fingerprint density at radius 2 is 1.87 bits per heavy atom. The first-order chi connectivity index (χ1) is 14.5. The molecule has 0 spiro atoms. The van der Waals surface area contributed by atoms with Gasteiger partial charge in [0.15, 0.2) is 5.82 Å². The minimum Gasteiger partial charge on any atom is -0.386 e.